The van der Waals surface area contributed by atoms with Gasteiger partial charge >= 0.3 is 0 Å². The molecule has 9 heteroatoms. The van der Waals surface area contributed by atoms with Crippen molar-refractivity contribution in [2.75, 3.05) is 25.5 Å². The van der Waals surface area contributed by atoms with Crippen LogP contribution in [0.1, 0.15) is 25.3 Å². The largest absolute Gasteiger partial charge is 0.492 e. The fraction of sp³-hybridized carbons (Fsp3) is 0.333. The lowest BCUT2D eigenvalue weighted by molar-refractivity contribution is -0.116. The zero-order chi connectivity index (χ0) is 21.9. The molecule has 0 heterocycles. The molecule has 0 radical (unpaired) electrons. The van der Waals surface area contributed by atoms with Crippen LogP contribution in [0.25, 0.3) is 0 Å². The van der Waals surface area contributed by atoms with Crippen LogP contribution in [-0.2, 0) is 20.2 Å². The van der Waals surface area contributed by atoms with E-state index in [9.17, 15) is 18.5 Å². The molecule has 0 aliphatic heterocycles. The average molecular weight is 448 g/mol. The number of halogens is 1. The van der Waals surface area contributed by atoms with Crippen LogP contribution in [0.3, 0.4) is 0 Å². The number of amides is 1. The van der Waals surface area contributed by atoms with Gasteiger partial charge in [0.2, 0.25) is 15.9 Å². The highest BCUT2D eigenvalue weighted by Gasteiger charge is 2.44. The number of nitriles is 1. The molecule has 0 spiro atoms. The van der Waals surface area contributed by atoms with Gasteiger partial charge in [0.1, 0.15) is 5.75 Å². The van der Waals surface area contributed by atoms with E-state index in [0.29, 0.717) is 18.0 Å². The first-order valence-electron chi connectivity index (χ1n) is 9.42. The van der Waals surface area contributed by atoms with Crippen molar-refractivity contribution in [3.8, 4) is 11.8 Å². The molecule has 0 atom stereocenters. The van der Waals surface area contributed by atoms with E-state index in [4.69, 9.17) is 16.3 Å². The summed E-state index contributed by atoms with van der Waals surface area (Å²) in [7, 11) is -2.58. The van der Waals surface area contributed by atoms with E-state index in [1.165, 1.54) is 25.2 Å². The number of rotatable bonds is 8. The summed E-state index contributed by atoms with van der Waals surface area (Å²) < 4.78 is 31.8. The number of carbonyl (C=O) groups is 1. The van der Waals surface area contributed by atoms with Gasteiger partial charge in [-0.1, -0.05) is 23.7 Å². The van der Waals surface area contributed by atoms with Crippen molar-refractivity contribution in [3.63, 3.8) is 0 Å². The molecule has 0 unspecified atom stereocenters. The van der Waals surface area contributed by atoms with Crippen molar-refractivity contribution in [1.29, 1.82) is 5.26 Å². The number of sulfonamides is 1. The van der Waals surface area contributed by atoms with Gasteiger partial charge in [-0.3, -0.25) is 4.79 Å². The predicted molar refractivity (Wildman–Crippen MR) is 114 cm³/mol. The summed E-state index contributed by atoms with van der Waals surface area (Å²) in [6.07, 6.45) is 1.68. The van der Waals surface area contributed by atoms with Crippen molar-refractivity contribution in [2.24, 2.45) is 0 Å². The summed E-state index contributed by atoms with van der Waals surface area (Å²) in [5, 5.41) is 12.1. The number of nitrogens with one attached hydrogen (secondary N) is 1. The minimum atomic E-state index is -3.91. The molecular formula is C21H22ClN3O4S. The second-order valence-electron chi connectivity index (χ2n) is 7.11. The van der Waals surface area contributed by atoms with Gasteiger partial charge < -0.3 is 10.1 Å². The van der Waals surface area contributed by atoms with Gasteiger partial charge in [-0.05, 0) is 55.7 Å². The number of benzene rings is 2. The van der Waals surface area contributed by atoms with Crippen molar-refractivity contribution in [3.05, 3.63) is 53.1 Å². The molecule has 1 amide bonds. The number of ether oxygens (including phenoxy) is 1. The fourth-order valence-corrected chi connectivity index (χ4v) is 4.50. The highest BCUT2D eigenvalue weighted by molar-refractivity contribution is 7.89. The van der Waals surface area contributed by atoms with Crippen LogP contribution in [0.4, 0.5) is 5.69 Å². The topological polar surface area (TPSA) is 99.5 Å². The average Bonchev–Trinajstić information content (AvgIpc) is 3.51. The molecule has 0 aromatic heterocycles. The van der Waals surface area contributed by atoms with E-state index >= 15 is 0 Å². The molecule has 158 valence electrons. The highest BCUT2D eigenvalue weighted by Crippen LogP contribution is 2.47. The predicted octanol–water partition coefficient (Wildman–Crippen LogP) is 3.55. The minimum absolute atomic E-state index is 0.0261. The van der Waals surface area contributed by atoms with Crippen molar-refractivity contribution in [2.45, 2.75) is 30.1 Å². The SMILES string of the molecule is CCOc1ccc(S(=O)(=O)N(C)CC(=O)Nc2ccc(C3(C#N)CC3)cc2)cc1Cl. The summed E-state index contributed by atoms with van der Waals surface area (Å²) >= 11 is 6.08. The van der Waals surface area contributed by atoms with E-state index in [2.05, 4.69) is 11.4 Å². The molecule has 1 aliphatic rings. The number of anilines is 1. The molecule has 3 rings (SSSR count). The maximum atomic E-state index is 12.8. The molecule has 1 aliphatic carbocycles. The third-order valence-electron chi connectivity index (χ3n) is 4.96. The van der Waals surface area contributed by atoms with Gasteiger partial charge in [-0.25, -0.2) is 8.42 Å². The summed E-state index contributed by atoms with van der Waals surface area (Å²) in [5.74, 6) is -0.0846. The van der Waals surface area contributed by atoms with Gasteiger partial charge in [0, 0.05) is 12.7 Å². The van der Waals surface area contributed by atoms with Crippen LogP contribution in [0.5, 0.6) is 5.75 Å². The highest BCUT2D eigenvalue weighted by atomic mass is 35.5. The third kappa shape index (κ3) is 4.59. The maximum absolute atomic E-state index is 12.8. The molecule has 1 fully saturated rings. The lowest BCUT2D eigenvalue weighted by atomic mass is 9.98. The summed E-state index contributed by atoms with van der Waals surface area (Å²) in [6, 6.07) is 13.6. The van der Waals surface area contributed by atoms with Crippen molar-refractivity contribution in [1.82, 2.24) is 4.31 Å². The second-order valence-corrected chi connectivity index (χ2v) is 9.56. The Morgan fingerprint density at radius 1 is 1.27 bits per heavy atom. The fourth-order valence-electron chi connectivity index (χ4n) is 3.04. The maximum Gasteiger partial charge on any atom is 0.243 e. The first-order chi connectivity index (χ1) is 14.2. The number of likely N-dealkylation sites (N-methyl/N-ethyl adjacent to an activating group) is 1. The lowest BCUT2D eigenvalue weighted by Gasteiger charge is -2.18. The Balaban J connectivity index is 1.64. The Hall–Kier alpha value is -2.60. The molecular weight excluding hydrogens is 426 g/mol. The van der Waals surface area contributed by atoms with Crippen molar-refractivity contribution < 1.29 is 17.9 Å². The first kappa shape index (κ1) is 22.1. The lowest BCUT2D eigenvalue weighted by Crippen LogP contribution is -2.35. The van der Waals surface area contributed by atoms with E-state index < -0.39 is 21.3 Å². The zero-order valence-corrected chi connectivity index (χ0v) is 18.3. The summed E-state index contributed by atoms with van der Waals surface area (Å²) in [6.45, 7) is 1.84. The molecule has 1 saturated carbocycles. The van der Waals surface area contributed by atoms with Gasteiger partial charge in [0.25, 0.3) is 0 Å². The van der Waals surface area contributed by atoms with Crippen LogP contribution in [-0.4, -0.2) is 38.8 Å². The van der Waals surface area contributed by atoms with Gasteiger partial charge in [0.15, 0.2) is 0 Å². The molecule has 0 bridgehead atoms. The van der Waals surface area contributed by atoms with Gasteiger partial charge in [0.05, 0.1) is 34.6 Å². The number of hydrogen-bond acceptors (Lipinski definition) is 5. The van der Waals surface area contributed by atoms with E-state index in [0.717, 1.165) is 22.7 Å². The third-order valence-corrected chi connectivity index (χ3v) is 7.06. The minimum Gasteiger partial charge on any atom is -0.492 e. The second kappa shape index (κ2) is 8.64. The molecule has 30 heavy (non-hydrogen) atoms. The normalized spacial score (nSPS) is 14.8. The van der Waals surface area contributed by atoms with Gasteiger partial charge in [-0.15, -0.1) is 0 Å². The first-order valence-corrected chi connectivity index (χ1v) is 11.2. The van der Waals surface area contributed by atoms with E-state index in [1.54, 1.807) is 19.1 Å². The zero-order valence-electron chi connectivity index (χ0n) is 16.7. The van der Waals surface area contributed by atoms with E-state index in [1.807, 2.05) is 12.1 Å². The summed E-state index contributed by atoms with van der Waals surface area (Å²) in [5.41, 5.74) is 1.07. The van der Waals surface area contributed by atoms with Crippen LogP contribution in [0.2, 0.25) is 5.02 Å². The summed E-state index contributed by atoms with van der Waals surface area (Å²) in [4.78, 5) is 12.3. The van der Waals surface area contributed by atoms with Gasteiger partial charge in [-0.2, -0.15) is 9.57 Å². The quantitative estimate of drug-likeness (QED) is 0.667. The van der Waals surface area contributed by atoms with Crippen LogP contribution < -0.4 is 10.1 Å². The molecule has 2 aromatic rings. The van der Waals surface area contributed by atoms with Crippen LogP contribution in [0, 0.1) is 11.3 Å². The Bertz CT molecular complexity index is 1090. The number of nitrogens with zero attached hydrogens (tertiary/aromatic N) is 2. The monoisotopic (exact) mass is 447 g/mol. The smallest absolute Gasteiger partial charge is 0.243 e. The number of carbonyl (C=O) groups excluding carboxylic acids is 1. The van der Waals surface area contributed by atoms with Crippen molar-refractivity contribution >= 4 is 33.2 Å². The van der Waals surface area contributed by atoms with Crippen LogP contribution in [0.15, 0.2) is 47.4 Å². The van der Waals surface area contributed by atoms with Crippen LogP contribution >= 0.6 is 11.6 Å². The number of hydrogen-bond donors (Lipinski definition) is 1. The molecule has 0 saturated heterocycles. The Morgan fingerprint density at radius 3 is 2.47 bits per heavy atom. The standard InChI is InChI=1S/C21H22ClN3O4S/c1-3-29-19-9-8-17(12-18(19)22)30(27,28)25(2)13-20(26)24-16-6-4-15(5-7-16)21(14-23)10-11-21/h4-9,12H,3,10-11,13H2,1-2H3,(H,24,26). The Kier molecular flexibility index (Phi) is 6.36. The Morgan fingerprint density at radius 2 is 1.93 bits per heavy atom. The van der Waals surface area contributed by atoms with E-state index in [-0.39, 0.29) is 16.5 Å². The molecule has 7 nitrogen and oxygen atoms in total. The Labute approximate surface area is 181 Å². The molecule has 1 N–H and O–H groups in total. The molecule has 2 aromatic carbocycles.